The van der Waals surface area contributed by atoms with E-state index in [1.54, 1.807) is 13.0 Å². The first-order valence-corrected chi connectivity index (χ1v) is 12.0. The van der Waals surface area contributed by atoms with Gasteiger partial charge in [-0.15, -0.1) is 0 Å². The molecule has 36 heavy (non-hydrogen) atoms. The highest BCUT2D eigenvalue weighted by Crippen LogP contribution is 2.26. The van der Waals surface area contributed by atoms with Gasteiger partial charge in [-0.3, -0.25) is 9.36 Å². The molecule has 0 aliphatic rings. The van der Waals surface area contributed by atoms with Gasteiger partial charge >= 0.3 is 6.09 Å². The molecule has 1 N–H and O–H groups in total. The summed E-state index contributed by atoms with van der Waals surface area (Å²) in [4.78, 5) is 24.1. The summed E-state index contributed by atoms with van der Waals surface area (Å²) in [6.45, 7) is 9.85. The van der Waals surface area contributed by atoms with E-state index in [0.29, 0.717) is 16.8 Å². The molecule has 0 atom stereocenters. The Labute approximate surface area is 215 Å². The normalized spacial score (nSPS) is 9.81. The number of halogens is 3. The molecule has 0 saturated heterocycles. The molecular formula is C27H33ClF2N2O4. The Morgan fingerprint density at radius 3 is 2.31 bits per heavy atom. The number of pyridine rings is 1. The number of carbonyl (C=O) groups is 1. The maximum Gasteiger partial charge on any atom is 0.407 e. The van der Waals surface area contributed by atoms with Crippen molar-refractivity contribution in [1.82, 2.24) is 9.88 Å². The number of methoxy groups -OCH3 is 1. The maximum absolute atomic E-state index is 14.2. The van der Waals surface area contributed by atoms with Crippen molar-refractivity contribution in [2.24, 2.45) is 0 Å². The van der Waals surface area contributed by atoms with E-state index < -0.39 is 23.3 Å². The zero-order chi connectivity index (χ0) is 27.3. The van der Waals surface area contributed by atoms with Crippen LogP contribution in [0.3, 0.4) is 0 Å². The van der Waals surface area contributed by atoms with Gasteiger partial charge < -0.3 is 14.8 Å². The molecular weight excluding hydrogens is 490 g/mol. The summed E-state index contributed by atoms with van der Waals surface area (Å²) in [5, 5.41) is 2.26. The van der Waals surface area contributed by atoms with E-state index in [0.717, 1.165) is 4.57 Å². The molecule has 3 aromatic rings. The van der Waals surface area contributed by atoms with Crippen molar-refractivity contribution in [1.29, 1.82) is 0 Å². The van der Waals surface area contributed by atoms with Crippen LogP contribution in [0.2, 0.25) is 5.02 Å². The van der Waals surface area contributed by atoms with Crippen LogP contribution in [0.25, 0.3) is 5.69 Å². The minimum atomic E-state index is -0.661. The van der Waals surface area contributed by atoms with Crippen LogP contribution in [-0.4, -0.2) is 17.8 Å². The van der Waals surface area contributed by atoms with Gasteiger partial charge in [-0.05, 0) is 42.3 Å². The van der Waals surface area contributed by atoms with Crippen molar-refractivity contribution >= 4 is 17.7 Å². The highest BCUT2D eigenvalue weighted by atomic mass is 35.5. The number of hydrogen-bond acceptors (Lipinski definition) is 4. The van der Waals surface area contributed by atoms with Crippen LogP contribution in [0.5, 0.6) is 5.75 Å². The van der Waals surface area contributed by atoms with Gasteiger partial charge in [0.15, 0.2) is 0 Å². The van der Waals surface area contributed by atoms with E-state index in [1.807, 2.05) is 13.8 Å². The molecule has 0 saturated carbocycles. The number of alkyl carbamates (subject to hydrolysis) is 1. The zero-order valence-electron chi connectivity index (χ0n) is 21.5. The Bertz CT molecular complexity index is 1200. The van der Waals surface area contributed by atoms with Crippen LogP contribution >= 0.6 is 11.6 Å². The SMILES string of the molecule is CC.CCC.COC(=O)NCc1cc(F)ccc1COc1cc(C)n(-c2ccccc2F)c(=O)c1Cl. The van der Waals surface area contributed by atoms with Crippen molar-refractivity contribution in [2.45, 2.75) is 54.2 Å². The van der Waals surface area contributed by atoms with Gasteiger partial charge in [0.25, 0.3) is 5.56 Å². The number of rotatable bonds is 6. The molecule has 1 amide bonds. The third-order valence-electron chi connectivity index (χ3n) is 4.55. The van der Waals surface area contributed by atoms with E-state index in [2.05, 4.69) is 23.9 Å². The standard InChI is InChI=1S/C22H19ClF2N2O4.C3H8.C2H6/c1-13-9-19(20(23)21(28)27(13)18-6-4-3-5-17(18)25)31-12-14-7-8-16(24)10-15(14)11-26-22(29)30-2;1-3-2;1-2/h3-10H,11-12H2,1-2H3,(H,26,29);3H2,1-2H3;1-2H3. The second kappa shape index (κ2) is 15.6. The van der Waals surface area contributed by atoms with Gasteiger partial charge in [-0.2, -0.15) is 0 Å². The van der Waals surface area contributed by atoms with E-state index in [9.17, 15) is 18.4 Å². The van der Waals surface area contributed by atoms with Crippen LogP contribution in [-0.2, 0) is 17.9 Å². The molecule has 1 aromatic heterocycles. The van der Waals surface area contributed by atoms with Gasteiger partial charge in [-0.25, -0.2) is 13.6 Å². The molecule has 1 heterocycles. The summed E-state index contributed by atoms with van der Waals surface area (Å²) in [5.41, 5.74) is 0.908. The molecule has 0 spiro atoms. The van der Waals surface area contributed by atoms with Crippen LogP contribution < -0.4 is 15.6 Å². The van der Waals surface area contributed by atoms with Crippen molar-refractivity contribution in [3.05, 3.63) is 92.4 Å². The molecule has 0 bridgehead atoms. The Balaban J connectivity index is 0.00000120. The number of carbonyl (C=O) groups excluding carboxylic acids is 1. The van der Waals surface area contributed by atoms with Crippen molar-refractivity contribution in [3.63, 3.8) is 0 Å². The third kappa shape index (κ3) is 8.37. The Morgan fingerprint density at radius 1 is 1.06 bits per heavy atom. The van der Waals surface area contributed by atoms with Gasteiger partial charge in [0.2, 0.25) is 0 Å². The molecule has 3 rings (SSSR count). The molecule has 0 aliphatic heterocycles. The molecule has 2 aromatic carbocycles. The fourth-order valence-electron chi connectivity index (χ4n) is 3.01. The topological polar surface area (TPSA) is 69.6 Å². The van der Waals surface area contributed by atoms with Crippen LogP contribution in [0.4, 0.5) is 13.6 Å². The van der Waals surface area contributed by atoms with E-state index in [1.165, 1.54) is 56.0 Å². The smallest absolute Gasteiger partial charge is 0.407 e. The molecule has 0 unspecified atom stereocenters. The summed E-state index contributed by atoms with van der Waals surface area (Å²) in [7, 11) is 1.22. The maximum atomic E-state index is 14.2. The largest absolute Gasteiger partial charge is 0.487 e. The first-order valence-electron chi connectivity index (χ1n) is 11.6. The first kappa shape index (κ1) is 30.6. The van der Waals surface area contributed by atoms with E-state index >= 15 is 0 Å². The van der Waals surface area contributed by atoms with Crippen molar-refractivity contribution in [2.75, 3.05) is 7.11 Å². The number of aryl methyl sites for hydroxylation is 1. The number of amides is 1. The van der Waals surface area contributed by atoms with Gasteiger partial charge in [0.05, 0.1) is 12.8 Å². The molecule has 6 nitrogen and oxygen atoms in total. The summed E-state index contributed by atoms with van der Waals surface area (Å²) in [5.74, 6) is -0.939. The fourth-order valence-corrected chi connectivity index (χ4v) is 3.21. The molecule has 0 radical (unpaired) electrons. The summed E-state index contributed by atoms with van der Waals surface area (Å²) < 4.78 is 39.2. The minimum Gasteiger partial charge on any atom is -0.487 e. The second-order valence-electron chi connectivity index (χ2n) is 7.31. The Kier molecular flexibility index (Phi) is 13.3. The van der Waals surface area contributed by atoms with Crippen LogP contribution in [0.15, 0.2) is 53.3 Å². The molecule has 9 heteroatoms. The van der Waals surface area contributed by atoms with Crippen molar-refractivity contribution in [3.8, 4) is 11.4 Å². The minimum absolute atomic E-state index is 0.0186. The quantitative estimate of drug-likeness (QED) is 0.380. The lowest BCUT2D eigenvalue weighted by Crippen LogP contribution is -2.23. The fraction of sp³-hybridized carbons (Fsp3) is 0.333. The lowest BCUT2D eigenvalue weighted by molar-refractivity contribution is 0.170. The van der Waals surface area contributed by atoms with Crippen LogP contribution in [0.1, 0.15) is 50.9 Å². The number of nitrogens with zero attached hydrogens (tertiary/aromatic N) is 1. The lowest BCUT2D eigenvalue weighted by atomic mass is 10.1. The highest BCUT2D eigenvalue weighted by Gasteiger charge is 2.16. The molecule has 0 aliphatic carbocycles. The molecule has 0 fully saturated rings. The monoisotopic (exact) mass is 522 g/mol. The van der Waals surface area contributed by atoms with Gasteiger partial charge in [-0.1, -0.05) is 63.9 Å². The second-order valence-corrected chi connectivity index (χ2v) is 7.69. The van der Waals surface area contributed by atoms with E-state index in [-0.39, 0.29) is 29.6 Å². The number of hydrogen-bond donors (Lipinski definition) is 1. The van der Waals surface area contributed by atoms with Gasteiger partial charge in [0.1, 0.15) is 29.0 Å². The van der Waals surface area contributed by atoms with Gasteiger partial charge in [0, 0.05) is 18.3 Å². The van der Waals surface area contributed by atoms with Crippen molar-refractivity contribution < 1.29 is 23.0 Å². The van der Waals surface area contributed by atoms with E-state index in [4.69, 9.17) is 16.3 Å². The third-order valence-corrected chi connectivity index (χ3v) is 4.90. The summed E-state index contributed by atoms with van der Waals surface area (Å²) >= 11 is 6.21. The zero-order valence-corrected chi connectivity index (χ0v) is 22.2. The summed E-state index contributed by atoms with van der Waals surface area (Å²) in [6, 6.07) is 11.4. The number of ether oxygens (including phenoxy) is 2. The number of benzene rings is 2. The summed E-state index contributed by atoms with van der Waals surface area (Å²) in [6.07, 6.45) is 0.589. The number of para-hydroxylation sites is 1. The number of aromatic nitrogens is 1. The average molecular weight is 523 g/mol. The van der Waals surface area contributed by atoms with Crippen LogP contribution in [0, 0.1) is 18.6 Å². The first-order chi connectivity index (χ1) is 17.2. The lowest BCUT2D eigenvalue weighted by Gasteiger charge is -2.16. The Morgan fingerprint density at radius 2 is 1.69 bits per heavy atom. The predicted molar refractivity (Wildman–Crippen MR) is 139 cm³/mol. The molecule has 196 valence electrons. The Hall–Kier alpha value is -3.39. The predicted octanol–water partition coefficient (Wildman–Crippen LogP) is 6.96. The highest BCUT2D eigenvalue weighted by molar-refractivity contribution is 6.31. The average Bonchev–Trinajstić information content (AvgIpc) is 2.87. The number of nitrogens with one attached hydrogen (secondary N) is 1.